The largest absolute Gasteiger partial charge is 0.306 e. The number of thioether (sulfide) groups is 1. The maximum atomic E-state index is 10.5. The number of piperidine rings is 1. The predicted molar refractivity (Wildman–Crippen MR) is 67.3 cm³/mol. The van der Waals surface area contributed by atoms with Crippen LogP contribution in [-0.2, 0) is 0 Å². The Kier molecular flexibility index (Phi) is 3.96. The minimum Gasteiger partial charge on any atom is -0.306 e. The molecule has 0 saturated carbocycles. The van der Waals surface area contributed by atoms with Gasteiger partial charge in [-0.2, -0.15) is 0 Å². The van der Waals surface area contributed by atoms with E-state index in [0.717, 1.165) is 31.0 Å². The molecular formula is C11H15N3O2S. The Morgan fingerprint density at radius 1 is 1.47 bits per heavy atom. The third-order valence-electron chi connectivity index (χ3n) is 2.88. The average Bonchev–Trinajstić information content (AvgIpc) is 2.33. The summed E-state index contributed by atoms with van der Waals surface area (Å²) in [5.74, 6) is 0. The fourth-order valence-electron chi connectivity index (χ4n) is 1.82. The minimum absolute atomic E-state index is 0.0535. The Hall–Kier alpha value is -1.14. The van der Waals surface area contributed by atoms with Crippen molar-refractivity contribution in [3.63, 3.8) is 0 Å². The lowest BCUT2D eigenvalue weighted by atomic mass is 10.1. The lowest BCUT2D eigenvalue weighted by molar-refractivity contribution is -0.385. The van der Waals surface area contributed by atoms with Crippen LogP contribution in [0.25, 0.3) is 0 Å². The Balaban J connectivity index is 1.92. The quantitative estimate of drug-likeness (QED) is 0.610. The summed E-state index contributed by atoms with van der Waals surface area (Å²) in [4.78, 5) is 16.5. The zero-order valence-corrected chi connectivity index (χ0v) is 10.5. The molecule has 0 amide bonds. The highest BCUT2D eigenvalue weighted by Gasteiger charge is 2.18. The van der Waals surface area contributed by atoms with Crippen LogP contribution in [0.4, 0.5) is 5.69 Å². The van der Waals surface area contributed by atoms with E-state index in [9.17, 15) is 10.1 Å². The van der Waals surface area contributed by atoms with E-state index >= 15 is 0 Å². The zero-order valence-electron chi connectivity index (χ0n) is 9.70. The fraction of sp³-hybridized carbons (Fsp3) is 0.545. The van der Waals surface area contributed by atoms with Crippen molar-refractivity contribution in [1.82, 2.24) is 9.88 Å². The number of hydrogen-bond acceptors (Lipinski definition) is 5. The summed E-state index contributed by atoms with van der Waals surface area (Å²) in [7, 11) is 2.13. The van der Waals surface area contributed by atoms with E-state index in [1.807, 2.05) is 0 Å². The molecule has 1 aromatic heterocycles. The number of rotatable bonds is 3. The Bertz CT molecular complexity index is 388. The van der Waals surface area contributed by atoms with Crippen LogP contribution in [0, 0.1) is 10.1 Å². The maximum absolute atomic E-state index is 10.5. The van der Waals surface area contributed by atoms with Gasteiger partial charge < -0.3 is 4.90 Å². The van der Waals surface area contributed by atoms with Crippen molar-refractivity contribution in [1.29, 1.82) is 0 Å². The highest BCUT2D eigenvalue weighted by molar-refractivity contribution is 7.99. The van der Waals surface area contributed by atoms with Crippen LogP contribution in [0.2, 0.25) is 0 Å². The number of aromatic nitrogens is 1. The van der Waals surface area contributed by atoms with Crippen LogP contribution in [0.15, 0.2) is 23.4 Å². The molecule has 0 bridgehead atoms. The molecule has 17 heavy (non-hydrogen) atoms. The summed E-state index contributed by atoms with van der Waals surface area (Å²) in [6.07, 6.45) is 3.64. The van der Waals surface area contributed by atoms with Crippen molar-refractivity contribution in [2.45, 2.75) is 23.1 Å². The van der Waals surface area contributed by atoms with E-state index in [-0.39, 0.29) is 5.69 Å². The van der Waals surface area contributed by atoms with E-state index in [2.05, 4.69) is 16.9 Å². The lowest BCUT2D eigenvalue weighted by Gasteiger charge is -2.28. The SMILES string of the molecule is CN1CCC(Sc2ccc([N+](=O)[O-])cn2)CC1. The summed E-state index contributed by atoms with van der Waals surface area (Å²) in [5, 5.41) is 12.0. The van der Waals surface area contributed by atoms with Crippen LogP contribution >= 0.6 is 11.8 Å². The molecule has 1 aliphatic heterocycles. The van der Waals surface area contributed by atoms with Crippen LogP contribution in [0.3, 0.4) is 0 Å². The third-order valence-corrected chi connectivity index (χ3v) is 4.17. The van der Waals surface area contributed by atoms with Crippen LogP contribution < -0.4 is 0 Å². The van der Waals surface area contributed by atoms with Crippen molar-refractivity contribution in [3.05, 3.63) is 28.4 Å². The molecule has 0 atom stereocenters. The number of nitro groups is 1. The Morgan fingerprint density at radius 2 is 2.18 bits per heavy atom. The highest BCUT2D eigenvalue weighted by Crippen LogP contribution is 2.29. The Labute approximate surface area is 104 Å². The molecule has 92 valence electrons. The van der Waals surface area contributed by atoms with Gasteiger partial charge in [-0.25, -0.2) is 4.98 Å². The molecule has 5 nitrogen and oxygen atoms in total. The standard InChI is InChI=1S/C11H15N3O2S/c1-13-6-4-10(5-7-13)17-11-3-2-9(8-12-11)14(15)16/h2-3,8,10H,4-7H2,1H3. The second-order valence-electron chi connectivity index (χ2n) is 4.23. The van der Waals surface area contributed by atoms with E-state index < -0.39 is 4.92 Å². The Morgan fingerprint density at radius 3 is 2.71 bits per heavy atom. The van der Waals surface area contributed by atoms with Gasteiger partial charge in [-0.05, 0) is 39.0 Å². The fourth-order valence-corrected chi connectivity index (χ4v) is 2.87. The number of hydrogen-bond donors (Lipinski definition) is 0. The van der Waals surface area contributed by atoms with Crippen molar-refractivity contribution in [3.8, 4) is 0 Å². The van der Waals surface area contributed by atoms with Gasteiger partial charge >= 0.3 is 0 Å². The van der Waals surface area contributed by atoms with Gasteiger partial charge in [-0.15, -0.1) is 11.8 Å². The monoisotopic (exact) mass is 253 g/mol. The molecule has 0 aliphatic carbocycles. The second kappa shape index (κ2) is 5.46. The van der Waals surface area contributed by atoms with Gasteiger partial charge in [0.1, 0.15) is 6.20 Å². The third kappa shape index (κ3) is 3.41. The summed E-state index contributed by atoms with van der Waals surface area (Å²) >= 11 is 1.73. The molecule has 1 aromatic rings. The molecule has 1 aliphatic rings. The van der Waals surface area contributed by atoms with E-state index in [1.54, 1.807) is 17.8 Å². The second-order valence-corrected chi connectivity index (χ2v) is 5.55. The topological polar surface area (TPSA) is 59.3 Å². The van der Waals surface area contributed by atoms with Crippen molar-refractivity contribution in [2.24, 2.45) is 0 Å². The molecule has 1 fully saturated rings. The average molecular weight is 253 g/mol. The van der Waals surface area contributed by atoms with Crippen LogP contribution in [0.1, 0.15) is 12.8 Å². The molecule has 2 heterocycles. The molecular weight excluding hydrogens is 238 g/mol. The highest BCUT2D eigenvalue weighted by atomic mass is 32.2. The molecule has 6 heteroatoms. The van der Waals surface area contributed by atoms with Gasteiger partial charge in [-0.3, -0.25) is 10.1 Å². The van der Waals surface area contributed by atoms with Gasteiger partial charge in [0.15, 0.2) is 0 Å². The number of pyridine rings is 1. The van der Waals surface area contributed by atoms with Gasteiger partial charge in [0.2, 0.25) is 0 Å². The number of nitrogens with zero attached hydrogens (tertiary/aromatic N) is 3. The van der Waals surface area contributed by atoms with E-state index in [4.69, 9.17) is 0 Å². The van der Waals surface area contributed by atoms with Crippen LogP contribution in [-0.4, -0.2) is 40.2 Å². The summed E-state index contributed by atoms with van der Waals surface area (Å²) in [5.41, 5.74) is 0.0535. The molecule has 1 saturated heterocycles. The van der Waals surface area contributed by atoms with Gasteiger partial charge in [0, 0.05) is 11.3 Å². The molecule has 0 radical (unpaired) electrons. The minimum atomic E-state index is -0.420. The first-order valence-corrected chi connectivity index (χ1v) is 6.49. The molecule has 0 N–H and O–H groups in total. The van der Waals surface area contributed by atoms with E-state index in [0.29, 0.717) is 5.25 Å². The molecule has 0 unspecified atom stereocenters. The summed E-state index contributed by atoms with van der Waals surface area (Å²) in [6, 6.07) is 3.26. The number of likely N-dealkylation sites (tertiary alicyclic amines) is 1. The van der Waals surface area contributed by atoms with Gasteiger partial charge in [0.25, 0.3) is 5.69 Å². The van der Waals surface area contributed by atoms with Crippen molar-refractivity contribution < 1.29 is 4.92 Å². The summed E-state index contributed by atoms with van der Waals surface area (Å²) < 4.78 is 0. The zero-order chi connectivity index (χ0) is 12.3. The van der Waals surface area contributed by atoms with Crippen molar-refractivity contribution in [2.75, 3.05) is 20.1 Å². The lowest BCUT2D eigenvalue weighted by Crippen LogP contribution is -2.31. The smallest absolute Gasteiger partial charge is 0.287 e. The first kappa shape index (κ1) is 12.3. The predicted octanol–water partition coefficient (Wildman–Crippen LogP) is 2.18. The maximum Gasteiger partial charge on any atom is 0.287 e. The first-order chi connectivity index (χ1) is 8.15. The van der Waals surface area contributed by atoms with E-state index in [1.165, 1.54) is 12.3 Å². The van der Waals surface area contributed by atoms with Gasteiger partial charge in [0.05, 0.1) is 9.95 Å². The van der Waals surface area contributed by atoms with Crippen molar-refractivity contribution >= 4 is 17.4 Å². The molecule has 2 rings (SSSR count). The summed E-state index contributed by atoms with van der Waals surface area (Å²) in [6.45, 7) is 2.23. The van der Waals surface area contributed by atoms with Gasteiger partial charge in [-0.1, -0.05) is 0 Å². The molecule has 0 aromatic carbocycles. The normalized spacial score (nSPS) is 18.2. The van der Waals surface area contributed by atoms with Crippen LogP contribution in [0.5, 0.6) is 0 Å². The molecule has 0 spiro atoms. The first-order valence-electron chi connectivity index (χ1n) is 5.61.